The van der Waals surface area contributed by atoms with E-state index in [9.17, 15) is 10.2 Å². The largest absolute Gasteiger partial charge is 0.506 e. The molecule has 0 saturated heterocycles. The van der Waals surface area contributed by atoms with Gasteiger partial charge >= 0.3 is 0 Å². The van der Waals surface area contributed by atoms with E-state index in [-0.39, 0.29) is 12.4 Å². The summed E-state index contributed by atoms with van der Waals surface area (Å²) in [5.41, 5.74) is 3.03. The summed E-state index contributed by atoms with van der Waals surface area (Å²) >= 11 is 1.65. The molecule has 20 heavy (non-hydrogen) atoms. The Balaban J connectivity index is 1.92. The third-order valence-corrected chi connectivity index (χ3v) is 3.95. The Kier molecular flexibility index (Phi) is 5.05. The van der Waals surface area contributed by atoms with Gasteiger partial charge in [-0.25, -0.2) is 4.98 Å². The van der Waals surface area contributed by atoms with E-state index in [0.29, 0.717) is 17.8 Å². The van der Waals surface area contributed by atoms with Crippen molar-refractivity contribution in [3.63, 3.8) is 0 Å². The molecule has 3 N–H and O–H groups in total. The highest BCUT2D eigenvalue weighted by Crippen LogP contribution is 2.23. The maximum atomic E-state index is 10.0. The van der Waals surface area contributed by atoms with Gasteiger partial charge in [-0.2, -0.15) is 0 Å². The zero-order valence-corrected chi connectivity index (χ0v) is 12.5. The first-order valence-corrected chi connectivity index (χ1v) is 7.38. The molecule has 0 spiro atoms. The van der Waals surface area contributed by atoms with E-state index in [4.69, 9.17) is 0 Å². The number of aliphatic hydroxyl groups is 1. The van der Waals surface area contributed by atoms with E-state index in [1.54, 1.807) is 24.5 Å². The summed E-state index contributed by atoms with van der Waals surface area (Å²) in [6.07, 6.45) is 2.46. The van der Waals surface area contributed by atoms with Gasteiger partial charge in [-0.1, -0.05) is 0 Å². The first-order chi connectivity index (χ1) is 9.61. The molecule has 0 aromatic carbocycles. The van der Waals surface area contributed by atoms with Crippen molar-refractivity contribution in [1.82, 2.24) is 15.3 Å². The van der Waals surface area contributed by atoms with Crippen LogP contribution < -0.4 is 5.32 Å². The second kappa shape index (κ2) is 6.78. The Bertz CT molecular complexity index is 584. The summed E-state index contributed by atoms with van der Waals surface area (Å²) in [5.74, 6) is 0.161. The lowest BCUT2D eigenvalue weighted by Gasteiger charge is -2.12. The maximum Gasteiger partial charge on any atom is 0.141 e. The molecule has 0 fully saturated rings. The summed E-state index contributed by atoms with van der Waals surface area (Å²) in [6, 6.07) is 0. The standard InChI is InChI=1S/C14H19N3O2S/c1-9-14(19)13(11(7-18)5-16-9)6-15-4-3-12-8-20-10(2)17-12/h5,8,15,18-19H,3-4,6-7H2,1-2H3. The monoisotopic (exact) mass is 293 g/mol. The number of pyridine rings is 1. The van der Waals surface area contributed by atoms with Crippen molar-refractivity contribution in [2.24, 2.45) is 0 Å². The number of aromatic hydroxyl groups is 1. The van der Waals surface area contributed by atoms with Gasteiger partial charge in [-0.05, 0) is 13.8 Å². The molecule has 0 radical (unpaired) electrons. The third-order valence-electron chi connectivity index (χ3n) is 3.13. The Morgan fingerprint density at radius 1 is 1.35 bits per heavy atom. The lowest BCUT2D eigenvalue weighted by Crippen LogP contribution is -2.18. The normalized spacial score (nSPS) is 10.9. The number of nitrogens with one attached hydrogen (secondary N) is 1. The Morgan fingerprint density at radius 2 is 2.15 bits per heavy atom. The van der Waals surface area contributed by atoms with Gasteiger partial charge in [0, 0.05) is 42.2 Å². The van der Waals surface area contributed by atoms with Gasteiger partial charge in [-0.15, -0.1) is 11.3 Å². The molecule has 0 aliphatic carbocycles. The van der Waals surface area contributed by atoms with Crippen LogP contribution in [0.25, 0.3) is 0 Å². The van der Waals surface area contributed by atoms with Crippen molar-refractivity contribution in [3.05, 3.63) is 39.1 Å². The molecule has 2 aromatic rings. The van der Waals surface area contributed by atoms with Gasteiger partial charge in [0.15, 0.2) is 0 Å². The summed E-state index contributed by atoms with van der Waals surface area (Å²) < 4.78 is 0. The molecule has 2 rings (SSSR count). The van der Waals surface area contributed by atoms with E-state index < -0.39 is 0 Å². The fraction of sp³-hybridized carbons (Fsp3) is 0.429. The fourth-order valence-corrected chi connectivity index (χ4v) is 2.62. The minimum Gasteiger partial charge on any atom is -0.506 e. The first-order valence-electron chi connectivity index (χ1n) is 6.50. The van der Waals surface area contributed by atoms with Crippen LogP contribution in [0.5, 0.6) is 5.75 Å². The molecule has 0 atom stereocenters. The SMILES string of the molecule is Cc1nc(CCNCc2c(CO)cnc(C)c2O)cs1. The van der Waals surface area contributed by atoms with Gasteiger partial charge in [0.25, 0.3) is 0 Å². The highest BCUT2D eigenvalue weighted by Gasteiger charge is 2.10. The second-order valence-electron chi connectivity index (χ2n) is 4.64. The van der Waals surface area contributed by atoms with Gasteiger partial charge in [-0.3, -0.25) is 4.98 Å². The van der Waals surface area contributed by atoms with E-state index in [0.717, 1.165) is 29.2 Å². The number of rotatable bonds is 6. The molecule has 0 amide bonds. The molecule has 2 heterocycles. The molecule has 0 aliphatic rings. The predicted octanol–water partition coefficient (Wildman–Crippen LogP) is 1.69. The highest BCUT2D eigenvalue weighted by molar-refractivity contribution is 7.09. The molecule has 6 heteroatoms. The van der Waals surface area contributed by atoms with Crippen LogP contribution in [0.2, 0.25) is 0 Å². The topological polar surface area (TPSA) is 78.3 Å². The molecule has 0 unspecified atom stereocenters. The van der Waals surface area contributed by atoms with Crippen LogP contribution in [0.4, 0.5) is 0 Å². The summed E-state index contributed by atoms with van der Waals surface area (Å²) in [6.45, 7) is 4.90. The second-order valence-corrected chi connectivity index (χ2v) is 5.70. The van der Waals surface area contributed by atoms with E-state index in [1.807, 2.05) is 6.92 Å². The van der Waals surface area contributed by atoms with E-state index in [2.05, 4.69) is 20.7 Å². The van der Waals surface area contributed by atoms with Crippen LogP contribution in [0, 0.1) is 13.8 Å². The Morgan fingerprint density at radius 3 is 2.80 bits per heavy atom. The summed E-state index contributed by atoms with van der Waals surface area (Å²) in [5, 5.41) is 25.7. The van der Waals surface area contributed by atoms with Gasteiger partial charge in [0.1, 0.15) is 5.75 Å². The van der Waals surface area contributed by atoms with Crippen molar-refractivity contribution < 1.29 is 10.2 Å². The minimum atomic E-state index is -0.122. The summed E-state index contributed by atoms with van der Waals surface area (Å²) in [4.78, 5) is 8.44. The zero-order chi connectivity index (χ0) is 14.5. The van der Waals surface area contributed by atoms with Crippen LogP contribution in [0.3, 0.4) is 0 Å². The highest BCUT2D eigenvalue weighted by atomic mass is 32.1. The minimum absolute atomic E-state index is 0.122. The molecule has 5 nitrogen and oxygen atoms in total. The fourth-order valence-electron chi connectivity index (χ4n) is 1.97. The smallest absolute Gasteiger partial charge is 0.141 e. The molecule has 108 valence electrons. The number of aliphatic hydroxyl groups excluding tert-OH is 1. The Hall–Kier alpha value is -1.50. The average Bonchev–Trinajstić information content (AvgIpc) is 2.85. The number of aryl methyl sites for hydroxylation is 2. The molecule has 0 aliphatic heterocycles. The molecular weight excluding hydrogens is 274 g/mol. The van der Waals surface area contributed by atoms with Crippen LogP contribution in [-0.4, -0.2) is 26.7 Å². The quantitative estimate of drug-likeness (QED) is 0.706. The van der Waals surface area contributed by atoms with Crippen LogP contribution in [0.1, 0.15) is 27.5 Å². The van der Waals surface area contributed by atoms with Crippen LogP contribution in [-0.2, 0) is 19.6 Å². The zero-order valence-electron chi connectivity index (χ0n) is 11.7. The van der Waals surface area contributed by atoms with E-state index >= 15 is 0 Å². The number of hydrogen-bond acceptors (Lipinski definition) is 6. The van der Waals surface area contributed by atoms with Crippen molar-refractivity contribution in [2.75, 3.05) is 6.54 Å². The molecule has 0 saturated carbocycles. The molecule has 0 bridgehead atoms. The number of thiazole rings is 1. The maximum absolute atomic E-state index is 10.0. The van der Waals surface area contributed by atoms with E-state index in [1.165, 1.54) is 0 Å². The van der Waals surface area contributed by atoms with Crippen LogP contribution >= 0.6 is 11.3 Å². The lowest BCUT2D eigenvalue weighted by molar-refractivity contribution is 0.278. The van der Waals surface area contributed by atoms with Crippen molar-refractivity contribution in [2.45, 2.75) is 33.4 Å². The van der Waals surface area contributed by atoms with Crippen molar-refractivity contribution in [1.29, 1.82) is 0 Å². The number of hydrogen-bond donors (Lipinski definition) is 3. The van der Waals surface area contributed by atoms with Gasteiger partial charge in [0.2, 0.25) is 0 Å². The number of nitrogens with zero attached hydrogens (tertiary/aromatic N) is 2. The van der Waals surface area contributed by atoms with Gasteiger partial charge < -0.3 is 15.5 Å². The lowest BCUT2D eigenvalue weighted by atomic mass is 10.1. The summed E-state index contributed by atoms with van der Waals surface area (Å²) in [7, 11) is 0. The van der Waals surface area contributed by atoms with Crippen molar-refractivity contribution in [3.8, 4) is 5.75 Å². The third kappa shape index (κ3) is 3.53. The van der Waals surface area contributed by atoms with Crippen molar-refractivity contribution >= 4 is 11.3 Å². The average molecular weight is 293 g/mol. The number of aromatic nitrogens is 2. The van der Waals surface area contributed by atoms with Crippen LogP contribution in [0.15, 0.2) is 11.6 Å². The molecule has 2 aromatic heterocycles. The Labute approximate surface area is 122 Å². The predicted molar refractivity (Wildman–Crippen MR) is 78.8 cm³/mol. The van der Waals surface area contributed by atoms with Gasteiger partial charge in [0.05, 0.1) is 23.0 Å². The first kappa shape index (κ1) is 14.9. The molecular formula is C14H19N3O2S.